The van der Waals surface area contributed by atoms with Crippen LogP contribution in [0.3, 0.4) is 0 Å². The minimum Gasteiger partial charge on any atom is -0.480 e. The highest BCUT2D eigenvalue weighted by Gasteiger charge is 2.42. The fourth-order valence-electron chi connectivity index (χ4n) is 2.08. The second-order valence-corrected chi connectivity index (χ2v) is 6.21. The summed E-state index contributed by atoms with van der Waals surface area (Å²) >= 11 is 0. The summed E-state index contributed by atoms with van der Waals surface area (Å²) in [6.45, 7) is 6.41. The highest BCUT2D eigenvalue weighted by Crippen LogP contribution is 2.22. The lowest BCUT2D eigenvalue weighted by molar-refractivity contribution is -0.148. The molecule has 1 aliphatic heterocycles. The number of aromatic amines is 1. The van der Waals surface area contributed by atoms with Crippen molar-refractivity contribution in [2.75, 3.05) is 13.2 Å². The minimum absolute atomic E-state index is 0.0490. The lowest BCUT2D eigenvalue weighted by Crippen LogP contribution is -2.57. The Hall–Kier alpha value is -1.96. The molecular weight excluding hydrogens is 276 g/mol. The molecule has 8 nitrogen and oxygen atoms in total. The predicted octanol–water partition coefficient (Wildman–Crippen LogP) is 0.466. The number of amides is 1. The van der Waals surface area contributed by atoms with Crippen LogP contribution < -0.4 is 5.32 Å². The van der Waals surface area contributed by atoms with Crippen molar-refractivity contribution >= 4 is 11.9 Å². The molecule has 0 spiro atoms. The maximum Gasteiger partial charge on any atom is 0.329 e. The third kappa shape index (κ3) is 3.21. The number of carbonyl (C=O) groups is 2. The highest BCUT2D eigenvalue weighted by molar-refractivity contribution is 5.95. The summed E-state index contributed by atoms with van der Waals surface area (Å²) < 4.78 is 5.16. The Morgan fingerprint density at radius 1 is 1.33 bits per heavy atom. The van der Waals surface area contributed by atoms with Gasteiger partial charge in [0.05, 0.1) is 0 Å². The quantitative estimate of drug-likeness (QED) is 0.746. The lowest BCUT2D eigenvalue weighted by Gasteiger charge is -2.33. The Morgan fingerprint density at radius 2 is 1.95 bits per heavy atom. The monoisotopic (exact) mass is 296 g/mol. The van der Waals surface area contributed by atoms with Gasteiger partial charge >= 0.3 is 5.97 Å². The van der Waals surface area contributed by atoms with Crippen molar-refractivity contribution in [2.45, 2.75) is 44.6 Å². The van der Waals surface area contributed by atoms with E-state index < -0.39 is 17.4 Å². The number of carboxylic acid groups (broad SMARTS) is 1. The minimum atomic E-state index is -1.31. The highest BCUT2D eigenvalue weighted by atomic mass is 16.5. The van der Waals surface area contributed by atoms with E-state index in [1.54, 1.807) is 0 Å². The molecule has 0 radical (unpaired) electrons. The molecule has 1 aliphatic rings. The first-order valence-corrected chi connectivity index (χ1v) is 6.81. The molecule has 21 heavy (non-hydrogen) atoms. The zero-order valence-corrected chi connectivity index (χ0v) is 12.4. The van der Waals surface area contributed by atoms with Crippen LogP contribution in [0.1, 0.15) is 50.1 Å². The number of rotatable bonds is 3. The zero-order chi connectivity index (χ0) is 15.7. The summed E-state index contributed by atoms with van der Waals surface area (Å²) in [5, 5.41) is 18.5. The van der Waals surface area contributed by atoms with E-state index in [2.05, 4.69) is 20.5 Å². The van der Waals surface area contributed by atoms with Gasteiger partial charge in [-0.15, -0.1) is 5.10 Å². The first kappa shape index (κ1) is 15.4. The first-order chi connectivity index (χ1) is 9.74. The number of hydrogen-bond acceptors (Lipinski definition) is 5. The van der Waals surface area contributed by atoms with Crippen LogP contribution in [0.4, 0.5) is 0 Å². The lowest BCUT2D eigenvalue weighted by atomic mass is 9.90. The second kappa shape index (κ2) is 5.44. The van der Waals surface area contributed by atoms with Crippen LogP contribution in [0.5, 0.6) is 0 Å². The standard InChI is InChI=1S/C13H20N4O4/c1-12(2,3)10-14-8(16-17-10)9(18)15-13(11(19)20)4-6-21-7-5-13/h4-7H2,1-3H3,(H,15,18)(H,19,20)(H,14,16,17). The summed E-state index contributed by atoms with van der Waals surface area (Å²) in [4.78, 5) is 27.8. The topological polar surface area (TPSA) is 117 Å². The molecule has 1 aromatic heterocycles. The molecule has 1 amide bonds. The molecule has 1 fully saturated rings. The number of hydrogen-bond donors (Lipinski definition) is 3. The van der Waals surface area contributed by atoms with Crippen LogP contribution in [-0.2, 0) is 14.9 Å². The Labute approximate surface area is 122 Å². The number of carboxylic acids is 1. The van der Waals surface area contributed by atoms with Crippen LogP contribution in [-0.4, -0.2) is 50.9 Å². The van der Waals surface area contributed by atoms with Crippen molar-refractivity contribution in [2.24, 2.45) is 0 Å². The molecule has 0 bridgehead atoms. The van der Waals surface area contributed by atoms with Crippen LogP contribution in [0.25, 0.3) is 0 Å². The van der Waals surface area contributed by atoms with E-state index in [4.69, 9.17) is 4.74 Å². The third-order valence-corrected chi connectivity index (χ3v) is 3.51. The van der Waals surface area contributed by atoms with Gasteiger partial charge in [0.25, 0.3) is 5.91 Å². The number of ether oxygens (including phenoxy) is 1. The van der Waals surface area contributed by atoms with E-state index in [9.17, 15) is 14.7 Å². The number of aliphatic carboxylic acids is 1. The van der Waals surface area contributed by atoms with E-state index in [-0.39, 0.29) is 24.1 Å². The molecule has 0 unspecified atom stereocenters. The van der Waals surface area contributed by atoms with E-state index in [1.165, 1.54) is 0 Å². The molecular formula is C13H20N4O4. The second-order valence-electron chi connectivity index (χ2n) is 6.21. The first-order valence-electron chi connectivity index (χ1n) is 6.81. The maximum atomic E-state index is 12.2. The predicted molar refractivity (Wildman–Crippen MR) is 73.0 cm³/mol. The number of H-pyrrole nitrogens is 1. The van der Waals surface area contributed by atoms with Gasteiger partial charge in [-0.25, -0.2) is 9.78 Å². The molecule has 8 heteroatoms. The molecule has 0 aliphatic carbocycles. The van der Waals surface area contributed by atoms with Crippen molar-refractivity contribution in [1.82, 2.24) is 20.5 Å². The summed E-state index contributed by atoms with van der Waals surface area (Å²) in [6, 6.07) is 0. The molecule has 2 heterocycles. The fourth-order valence-corrected chi connectivity index (χ4v) is 2.08. The summed E-state index contributed by atoms with van der Waals surface area (Å²) in [6.07, 6.45) is 0.454. The smallest absolute Gasteiger partial charge is 0.329 e. The van der Waals surface area contributed by atoms with E-state index in [0.29, 0.717) is 19.0 Å². The normalized spacial score (nSPS) is 18.2. The van der Waals surface area contributed by atoms with Gasteiger partial charge in [0.15, 0.2) is 0 Å². The molecule has 3 N–H and O–H groups in total. The van der Waals surface area contributed by atoms with Crippen LogP contribution in [0.2, 0.25) is 0 Å². The molecule has 2 rings (SSSR count). The van der Waals surface area contributed by atoms with Crippen LogP contribution in [0.15, 0.2) is 0 Å². The van der Waals surface area contributed by atoms with Crippen molar-refractivity contribution in [3.8, 4) is 0 Å². The van der Waals surface area contributed by atoms with Gasteiger partial charge in [-0.2, -0.15) is 0 Å². The summed E-state index contributed by atoms with van der Waals surface area (Å²) in [5.41, 5.74) is -1.58. The van der Waals surface area contributed by atoms with Crippen molar-refractivity contribution < 1.29 is 19.4 Å². The number of aromatic nitrogens is 3. The van der Waals surface area contributed by atoms with Crippen molar-refractivity contribution in [3.63, 3.8) is 0 Å². The summed E-state index contributed by atoms with van der Waals surface area (Å²) in [5.74, 6) is -1.13. The largest absolute Gasteiger partial charge is 0.480 e. The van der Waals surface area contributed by atoms with E-state index in [0.717, 1.165) is 0 Å². The Kier molecular flexibility index (Phi) is 3.99. The number of nitrogens with one attached hydrogen (secondary N) is 2. The fraction of sp³-hybridized carbons (Fsp3) is 0.692. The molecule has 1 aromatic rings. The van der Waals surface area contributed by atoms with Crippen molar-refractivity contribution in [1.29, 1.82) is 0 Å². The number of nitrogens with zero attached hydrogens (tertiary/aromatic N) is 2. The van der Waals surface area contributed by atoms with Gasteiger partial charge in [-0.1, -0.05) is 20.8 Å². The Bertz CT molecular complexity index is 541. The van der Waals surface area contributed by atoms with Crippen LogP contribution in [0, 0.1) is 0 Å². The zero-order valence-electron chi connectivity index (χ0n) is 12.4. The van der Waals surface area contributed by atoms with Gasteiger partial charge in [0.1, 0.15) is 11.4 Å². The van der Waals surface area contributed by atoms with Gasteiger partial charge in [-0.05, 0) is 0 Å². The van der Waals surface area contributed by atoms with Crippen molar-refractivity contribution in [3.05, 3.63) is 11.6 Å². The van der Waals surface area contributed by atoms with Gasteiger partial charge in [0, 0.05) is 31.5 Å². The van der Waals surface area contributed by atoms with E-state index in [1.807, 2.05) is 20.8 Å². The molecule has 0 atom stereocenters. The average molecular weight is 296 g/mol. The van der Waals surface area contributed by atoms with Gasteiger partial charge in [-0.3, -0.25) is 9.89 Å². The molecule has 116 valence electrons. The SMILES string of the molecule is CC(C)(C)c1nc(C(=O)NC2(C(=O)O)CCOCC2)n[nH]1. The number of carbonyl (C=O) groups excluding carboxylic acids is 1. The molecule has 1 saturated heterocycles. The van der Waals surface area contributed by atoms with E-state index >= 15 is 0 Å². The Balaban J connectivity index is 2.16. The maximum absolute atomic E-state index is 12.2. The van der Waals surface area contributed by atoms with Gasteiger partial charge < -0.3 is 15.2 Å². The molecule has 0 aromatic carbocycles. The third-order valence-electron chi connectivity index (χ3n) is 3.51. The van der Waals surface area contributed by atoms with Gasteiger partial charge in [0.2, 0.25) is 5.82 Å². The average Bonchev–Trinajstić information content (AvgIpc) is 2.89. The Morgan fingerprint density at radius 3 is 2.43 bits per heavy atom. The summed E-state index contributed by atoms with van der Waals surface area (Å²) in [7, 11) is 0. The van der Waals surface area contributed by atoms with Crippen LogP contribution >= 0.6 is 0 Å². The molecule has 0 saturated carbocycles.